The standard InChI is InChI=1S/C64H67NO28/c1-32(66)78-27-40-23-25-41(26-24-40)28-82-63-56(91-61(77)43-19-13-10-14-20-43)55(93-62-49(65-58(74)44-21-15-16-22-45(44)59(65)75)53(85-37(6)71)50(83-35(4)69)46(88-62)29-79-33(2)67)52(48(89-63)31-81-60(76)42-17-11-9-12-18-42)92-64-57(87-39(8)73)54(86-38(7)72)51(84-36(5)70)47(90-64)30-80-34(3)68/h9-26,46-57,62-64H,27-31H2,1-8H3/t46-,47-,48-,49-,50-,51-,52+,53-,54+,55+,56-,57-,62+,63-,64+/m1/s1. The molecule has 15 atom stereocenters. The van der Waals surface area contributed by atoms with Gasteiger partial charge in [0.2, 0.25) is 0 Å². The molecule has 3 saturated heterocycles. The first-order valence-corrected chi connectivity index (χ1v) is 29.0. The average molecular weight is 1300 g/mol. The summed E-state index contributed by atoms with van der Waals surface area (Å²) in [5.41, 5.74) is 0.612. The van der Waals surface area contributed by atoms with E-state index >= 15 is 0 Å². The van der Waals surface area contributed by atoms with Crippen LogP contribution in [0.3, 0.4) is 0 Å². The fourth-order valence-electron chi connectivity index (χ4n) is 10.6. The van der Waals surface area contributed by atoms with Gasteiger partial charge in [-0.3, -0.25) is 52.8 Å². The van der Waals surface area contributed by atoms with Crippen LogP contribution in [-0.4, -0.2) is 188 Å². The molecule has 0 spiro atoms. The molecule has 0 radical (unpaired) electrons. The van der Waals surface area contributed by atoms with Crippen LogP contribution in [0.15, 0.2) is 109 Å². The van der Waals surface area contributed by atoms with Gasteiger partial charge in [-0.2, -0.15) is 0 Å². The number of esters is 10. The number of benzene rings is 4. The third-order valence-electron chi connectivity index (χ3n) is 14.4. The Bertz CT molecular complexity index is 3360. The first-order valence-electron chi connectivity index (χ1n) is 29.0. The summed E-state index contributed by atoms with van der Waals surface area (Å²) in [5, 5.41) is 0. The second-order valence-corrected chi connectivity index (χ2v) is 21.4. The lowest BCUT2D eigenvalue weighted by Gasteiger charge is -2.51. The van der Waals surface area contributed by atoms with Crippen LogP contribution < -0.4 is 0 Å². The molecular formula is C64H67NO28. The molecule has 496 valence electrons. The maximum absolute atomic E-state index is 14.9. The van der Waals surface area contributed by atoms with Gasteiger partial charge >= 0.3 is 59.7 Å². The van der Waals surface area contributed by atoms with Gasteiger partial charge in [-0.15, -0.1) is 0 Å². The van der Waals surface area contributed by atoms with Crippen LogP contribution in [-0.2, 0) is 127 Å². The second-order valence-electron chi connectivity index (χ2n) is 21.4. The Kier molecular flexibility index (Phi) is 23.6. The van der Waals surface area contributed by atoms with E-state index < -0.39 is 190 Å². The van der Waals surface area contributed by atoms with Gasteiger partial charge in [-0.05, 0) is 47.5 Å². The van der Waals surface area contributed by atoms with Crippen molar-refractivity contribution in [2.75, 3.05) is 19.8 Å². The molecule has 4 heterocycles. The van der Waals surface area contributed by atoms with Gasteiger partial charge in [0, 0.05) is 55.4 Å². The van der Waals surface area contributed by atoms with Crippen LogP contribution in [0.2, 0.25) is 0 Å². The van der Waals surface area contributed by atoms with E-state index in [4.69, 9.17) is 75.8 Å². The van der Waals surface area contributed by atoms with Gasteiger partial charge in [0.25, 0.3) is 11.8 Å². The monoisotopic (exact) mass is 1300 g/mol. The summed E-state index contributed by atoms with van der Waals surface area (Å²) in [6.07, 6.45) is -27.5. The number of ether oxygens (including phenoxy) is 16. The summed E-state index contributed by atoms with van der Waals surface area (Å²) in [6.45, 7) is 5.23. The molecule has 29 heteroatoms. The summed E-state index contributed by atoms with van der Waals surface area (Å²) in [6, 6.07) is 24.9. The quantitative estimate of drug-likeness (QED) is 0.0547. The summed E-state index contributed by atoms with van der Waals surface area (Å²) in [7, 11) is 0. The van der Waals surface area contributed by atoms with Crippen molar-refractivity contribution in [3.8, 4) is 0 Å². The van der Waals surface area contributed by atoms with Crippen LogP contribution >= 0.6 is 0 Å². The summed E-state index contributed by atoms with van der Waals surface area (Å²) in [4.78, 5) is 162. The van der Waals surface area contributed by atoms with Gasteiger partial charge < -0.3 is 75.8 Å². The second kappa shape index (κ2) is 31.7. The zero-order valence-electron chi connectivity index (χ0n) is 51.5. The van der Waals surface area contributed by atoms with Crippen molar-refractivity contribution in [1.29, 1.82) is 0 Å². The fraction of sp³-hybridized carbons (Fsp3) is 0.438. The van der Waals surface area contributed by atoms with Gasteiger partial charge in [0.05, 0.1) is 28.9 Å². The molecule has 93 heavy (non-hydrogen) atoms. The molecule has 0 aliphatic carbocycles. The predicted molar refractivity (Wildman–Crippen MR) is 307 cm³/mol. The maximum Gasteiger partial charge on any atom is 0.338 e. The number of rotatable bonds is 24. The van der Waals surface area contributed by atoms with Crippen LogP contribution in [0, 0.1) is 0 Å². The van der Waals surface area contributed by atoms with Crippen molar-refractivity contribution in [3.05, 3.63) is 143 Å². The van der Waals surface area contributed by atoms with Crippen LogP contribution in [0.25, 0.3) is 0 Å². The van der Waals surface area contributed by atoms with Gasteiger partial charge in [0.15, 0.2) is 55.5 Å². The molecule has 2 amide bonds. The van der Waals surface area contributed by atoms with Crippen molar-refractivity contribution >= 4 is 71.5 Å². The predicted octanol–water partition coefficient (Wildman–Crippen LogP) is 3.74. The van der Waals surface area contributed by atoms with E-state index in [1.807, 2.05) is 0 Å². The summed E-state index contributed by atoms with van der Waals surface area (Å²) in [5.74, 6) is -11.6. The van der Waals surface area contributed by atoms with Crippen molar-refractivity contribution in [2.24, 2.45) is 0 Å². The number of imide groups is 1. The first kappa shape index (κ1) is 69.4. The molecule has 3 fully saturated rings. The van der Waals surface area contributed by atoms with E-state index in [9.17, 15) is 57.5 Å². The molecule has 4 aromatic rings. The lowest BCUT2D eigenvalue weighted by Crippen LogP contribution is -2.71. The average Bonchev–Trinajstić information content (AvgIpc) is 1.69. The molecule has 8 rings (SSSR count). The Hall–Kier alpha value is -9.52. The van der Waals surface area contributed by atoms with Crippen molar-refractivity contribution in [3.63, 3.8) is 0 Å². The lowest BCUT2D eigenvalue weighted by molar-refractivity contribution is -0.383. The fourth-order valence-corrected chi connectivity index (χ4v) is 10.6. The first-order chi connectivity index (χ1) is 44.4. The van der Waals surface area contributed by atoms with E-state index in [-0.39, 0.29) is 28.9 Å². The topological polar surface area (TPSA) is 356 Å². The third-order valence-corrected chi connectivity index (χ3v) is 14.4. The molecule has 0 bridgehead atoms. The van der Waals surface area contributed by atoms with E-state index in [1.165, 1.54) is 67.6 Å². The van der Waals surface area contributed by atoms with Crippen molar-refractivity contribution in [2.45, 2.75) is 161 Å². The number of carbonyl (C=O) groups is 12. The molecule has 0 saturated carbocycles. The van der Waals surface area contributed by atoms with Gasteiger partial charge in [-0.1, -0.05) is 72.8 Å². The minimum atomic E-state index is -2.27. The minimum absolute atomic E-state index is 0.0230. The number of nitrogens with zero attached hydrogens (tertiary/aromatic N) is 1. The van der Waals surface area contributed by atoms with E-state index in [0.717, 1.165) is 48.5 Å². The van der Waals surface area contributed by atoms with Crippen molar-refractivity contribution in [1.82, 2.24) is 4.90 Å². The van der Waals surface area contributed by atoms with E-state index in [0.29, 0.717) is 16.0 Å². The van der Waals surface area contributed by atoms with Crippen LogP contribution in [0.1, 0.15) is 108 Å². The third kappa shape index (κ3) is 18.0. The Morgan fingerprint density at radius 1 is 0.355 bits per heavy atom. The normalized spacial score (nSPS) is 26.4. The maximum atomic E-state index is 14.9. The smallest absolute Gasteiger partial charge is 0.338 e. The lowest BCUT2D eigenvalue weighted by atomic mass is 9.93. The van der Waals surface area contributed by atoms with Crippen LogP contribution in [0.5, 0.6) is 0 Å². The molecule has 0 aromatic heterocycles. The summed E-state index contributed by atoms with van der Waals surface area (Å²) < 4.78 is 97.6. The highest BCUT2D eigenvalue weighted by Crippen LogP contribution is 2.41. The van der Waals surface area contributed by atoms with E-state index in [1.54, 1.807) is 48.5 Å². The number of hydrogen-bond donors (Lipinski definition) is 0. The Morgan fingerprint density at radius 2 is 0.742 bits per heavy atom. The van der Waals surface area contributed by atoms with E-state index in [2.05, 4.69) is 0 Å². The summed E-state index contributed by atoms with van der Waals surface area (Å²) >= 11 is 0. The highest BCUT2D eigenvalue weighted by atomic mass is 16.8. The van der Waals surface area contributed by atoms with Crippen molar-refractivity contribution < 1.29 is 133 Å². The number of carbonyl (C=O) groups excluding carboxylic acids is 12. The highest BCUT2D eigenvalue weighted by molar-refractivity contribution is 6.21. The molecule has 4 aliphatic rings. The van der Waals surface area contributed by atoms with Gasteiger partial charge in [-0.25, -0.2) is 9.59 Å². The largest absolute Gasteiger partial charge is 0.463 e. The minimum Gasteiger partial charge on any atom is -0.463 e. The Balaban J connectivity index is 1.38. The Labute approximate surface area is 531 Å². The molecular weight excluding hydrogens is 1230 g/mol. The SMILES string of the molecule is CC(=O)OCc1ccc(CO[C@@H]2O[C@H](COC(=O)c3ccccc3)[C@H](O[C@@H]3O[C@H](COC(C)=O)[C@@H](OC(C)=O)[C@H](OC(C)=O)[C@H]3OC(C)=O)[C@H](O[C@@H]3O[C@H](COC(C)=O)[C@@H](OC(C)=O)[C@H](OC(C)=O)[C@H]3N3C(=O)c4ccccc4C3=O)[C@H]2OC(=O)c2ccccc2)cc1. The number of hydrogen-bond acceptors (Lipinski definition) is 28. The highest BCUT2D eigenvalue weighted by Gasteiger charge is 2.62. The molecule has 4 aliphatic heterocycles. The molecule has 4 aromatic carbocycles. The zero-order valence-corrected chi connectivity index (χ0v) is 51.5. The number of fused-ring (bicyclic) bond motifs is 1. The number of amides is 2. The molecule has 29 nitrogen and oxygen atoms in total. The van der Waals surface area contributed by atoms with Gasteiger partial charge in [0.1, 0.15) is 63.0 Å². The molecule has 0 unspecified atom stereocenters. The van der Waals surface area contributed by atoms with Crippen LogP contribution in [0.4, 0.5) is 0 Å². The zero-order chi connectivity index (χ0) is 67.2. The Morgan fingerprint density at radius 3 is 1.25 bits per heavy atom. The molecule has 0 N–H and O–H groups in total.